The van der Waals surface area contributed by atoms with Gasteiger partial charge in [-0.2, -0.15) is 0 Å². The summed E-state index contributed by atoms with van der Waals surface area (Å²) in [5.41, 5.74) is 4.05. The summed E-state index contributed by atoms with van der Waals surface area (Å²) in [5.74, 6) is 1.93. The number of para-hydroxylation sites is 2. The van der Waals surface area contributed by atoms with Crippen LogP contribution in [0.3, 0.4) is 0 Å². The minimum Gasteiger partial charge on any atom is -0.493 e. The van der Waals surface area contributed by atoms with Crippen molar-refractivity contribution in [3.05, 3.63) is 114 Å². The Labute approximate surface area is 253 Å². The number of carbonyl (C=O) groups is 1. The van der Waals surface area contributed by atoms with E-state index in [1.807, 2.05) is 78.9 Å². The molecule has 42 heavy (non-hydrogen) atoms. The van der Waals surface area contributed by atoms with Gasteiger partial charge in [-0.1, -0.05) is 66.7 Å². The Balaban J connectivity index is 1.16. The Bertz CT molecular complexity index is 1480. The Kier molecular flexibility index (Phi) is 10.1. The van der Waals surface area contributed by atoms with Crippen molar-refractivity contribution in [2.24, 2.45) is 0 Å². The molecule has 6 nitrogen and oxygen atoms in total. The van der Waals surface area contributed by atoms with Crippen LogP contribution in [0.4, 0.5) is 5.69 Å². The molecule has 1 aliphatic heterocycles. The highest BCUT2D eigenvalue weighted by atomic mass is 32.2. The zero-order valence-corrected chi connectivity index (χ0v) is 25.3. The smallest absolute Gasteiger partial charge is 0.249 e. The molecule has 1 amide bonds. The van der Waals surface area contributed by atoms with Crippen LogP contribution in [0.2, 0.25) is 0 Å². The maximum Gasteiger partial charge on any atom is 0.249 e. The van der Waals surface area contributed by atoms with Crippen molar-refractivity contribution in [1.29, 1.82) is 0 Å². The Morgan fingerprint density at radius 2 is 1.52 bits per heavy atom. The van der Waals surface area contributed by atoms with Gasteiger partial charge in [0.2, 0.25) is 5.91 Å². The van der Waals surface area contributed by atoms with Gasteiger partial charge < -0.3 is 19.1 Å². The predicted octanol–water partition coefficient (Wildman–Crippen LogP) is 7.22. The number of hydrogen-bond acceptors (Lipinski definition) is 6. The standard InChI is InChI=1S/C35H38N2O4S/c1-36(23-21-26-19-20-31(39-2)32(25-26)40-3)22-11-12-24-41-30-17-9-8-16-29(30)37-35(38)34(27-13-5-4-6-14-27)28-15-7-10-18-33(28)42-37/h4-10,13-20,25,34H,11-12,21-24H2,1-3H3. The highest BCUT2D eigenvalue weighted by molar-refractivity contribution is 8.01. The normalized spacial score (nSPS) is 14.5. The maximum absolute atomic E-state index is 14.0. The largest absolute Gasteiger partial charge is 0.493 e. The van der Waals surface area contributed by atoms with Crippen molar-refractivity contribution in [2.75, 3.05) is 45.3 Å². The van der Waals surface area contributed by atoms with Crippen LogP contribution >= 0.6 is 11.9 Å². The molecule has 4 aromatic carbocycles. The van der Waals surface area contributed by atoms with E-state index in [2.05, 4.69) is 30.1 Å². The van der Waals surface area contributed by atoms with E-state index in [1.165, 1.54) is 17.5 Å². The Morgan fingerprint density at radius 1 is 0.786 bits per heavy atom. The van der Waals surface area contributed by atoms with Crippen LogP contribution in [-0.4, -0.2) is 51.8 Å². The number of ether oxygens (including phenoxy) is 3. The molecule has 4 aromatic rings. The van der Waals surface area contributed by atoms with E-state index in [-0.39, 0.29) is 11.8 Å². The van der Waals surface area contributed by atoms with Gasteiger partial charge in [-0.3, -0.25) is 4.79 Å². The summed E-state index contributed by atoms with van der Waals surface area (Å²) in [4.78, 5) is 17.4. The summed E-state index contributed by atoms with van der Waals surface area (Å²) >= 11 is 1.47. The summed E-state index contributed by atoms with van der Waals surface area (Å²) in [6.07, 6.45) is 2.88. The number of benzene rings is 4. The quantitative estimate of drug-likeness (QED) is 0.123. The minimum absolute atomic E-state index is 0.0389. The molecule has 0 radical (unpaired) electrons. The first kappa shape index (κ1) is 29.5. The number of carbonyl (C=O) groups excluding carboxylic acids is 1. The molecule has 0 spiro atoms. The van der Waals surface area contributed by atoms with E-state index in [1.54, 1.807) is 18.5 Å². The minimum atomic E-state index is -0.355. The third kappa shape index (κ3) is 6.92. The molecule has 218 valence electrons. The molecule has 0 aliphatic carbocycles. The van der Waals surface area contributed by atoms with Gasteiger partial charge in [-0.05, 0) is 91.8 Å². The van der Waals surface area contributed by atoms with Crippen molar-refractivity contribution in [1.82, 2.24) is 4.90 Å². The second-order valence-electron chi connectivity index (χ2n) is 10.4. The van der Waals surface area contributed by atoms with Gasteiger partial charge in [0.05, 0.1) is 32.4 Å². The first-order chi connectivity index (χ1) is 20.6. The second kappa shape index (κ2) is 14.3. The summed E-state index contributed by atoms with van der Waals surface area (Å²) in [6, 6.07) is 32.1. The highest BCUT2D eigenvalue weighted by Gasteiger charge is 2.36. The lowest BCUT2D eigenvalue weighted by Gasteiger charge is -2.33. The van der Waals surface area contributed by atoms with E-state index in [0.29, 0.717) is 6.61 Å². The Morgan fingerprint density at radius 3 is 2.33 bits per heavy atom. The lowest BCUT2D eigenvalue weighted by molar-refractivity contribution is -0.118. The highest BCUT2D eigenvalue weighted by Crippen LogP contribution is 2.46. The number of nitrogens with zero attached hydrogens (tertiary/aromatic N) is 2. The van der Waals surface area contributed by atoms with Crippen LogP contribution in [0.5, 0.6) is 17.2 Å². The second-order valence-corrected chi connectivity index (χ2v) is 11.4. The fourth-order valence-corrected chi connectivity index (χ4v) is 6.28. The molecule has 7 heteroatoms. The van der Waals surface area contributed by atoms with Crippen LogP contribution < -0.4 is 18.5 Å². The van der Waals surface area contributed by atoms with Gasteiger partial charge in [-0.25, -0.2) is 4.31 Å². The summed E-state index contributed by atoms with van der Waals surface area (Å²) in [5, 5.41) is 0. The van der Waals surface area contributed by atoms with Crippen molar-refractivity contribution in [3.8, 4) is 17.2 Å². The SMILES string of the molecule is COc1ccc(CCN(C)CCCCOc2ccccc2N2Sc3ccccc3C(c3ccccc3)C2=O)cc1OC. The van der Waals surface area contributed by atoms with Crippen molar-refractivity contribution in [3.63, 3.8) is 0 Å². The molecule has 1 aliphatic rings. The van der Waals surface area contributed by atoms with Crippen molar-refractivity contribution < 1.29 is 19.0 Å². The molecule has 1 heterocycles. The summed E-state index contributed by atoms with van der Waals surface area (Å²) in [6.45, 7) is 2.53. The van der Waals surface area contributed by atoms with Gasteiger partial charge in [0.1, 0.15) is 5.75 Å². The lowest BCUT2D eigenvalue weighted by Crippen LogP contribution is -2.34. The maximum atomic E-state index is 14.0. The molecule has 5 rings (SSSR count). The first-order valence-corrected chi connectivity index (χ1v) is 15.1. The zero-order chi connectivity index (χ0) is 29.3. The molecule has 0 bridgehead atoms. The van der Waals surface area contributed by atoms with E-state index in [9.17, 15) is 4.79 Å². The lowest BCUT2D eigenvalue weighted by atomic mass is 9.90. The summed E-state index contributed by atoms with van der Waals surface area (Å²) < 4.78 is 18.8. The van der Waals surface area contributed by atoms with E-state index < -0.39 is 0 Å². The molecule has 0 aromatic heterocycles. The molecular formula is C35H38N2O4S. The number of amides is 1. The fraction of sp³-hybridized carbons (Fsp3) is 0.286. The van der Waals surface area contributed by atoms with Gasteiger partial charge in [0, 0.05) is 11.4 Å². The fourth-order valence-electron chi connectivity index (χ4n) is 5.21. The third-order valence-corrected chi connectivity index (χ3v) is 8.63. The molecule has 0 fully saturated rings. The topological polar surface area (TPSA) is 51.2 Å². The predicted molar refractivity (Wildman–Crippen MR) is 170 cm³/mol. The van der Waals surface area contributed by atoms with E-state index in [0.717, 1.165) is 71.3 Å². The molecule has 1 atom stereocenters. The number of rotatable bonds is 13. The third-order valence-electron chi connectivity index (χ3n) is 7.51. The molecule has 0 saturated carbocycles. The molecule has 0 saturated heterocycles. The first-order valence-electron chi connectivity index (χ1n) is 14.4. The number of fused-ring (bicyclic) bond motifs is 1. The number of likely N-dealkylation sites (N-methyl/N-ethyl adjacent to an activating group) is 1. The van der Waals surface area contributed by atoms with Crippen LogP contribution in [0.15, 0.2) is 102 Å². The number of methoxy groups -OCH3 is 2. The van der Waals surface area contributed by atoms with Gasteiger partial charge in [-0.15, -0.1) is 0 Å². The van der Waals surface area contributed by atoms with E-state index >= 15 is 0 Å². The van der Waals surface area contributed by atoms with Crippen LogP contribution in [0, 0.1) is 0 Å². The van der Waals surface area contributed by atoms with Crippen LogP contribution in [0.25, 0.3) is 0 Å². The molecular weight excluding hydrogens is 544 g/mol. The number of hydrogen-bond donors (Lipinski definition) is 0. The zero-order valence-electron chi connectivity index (χ0n) is 24.5. The molecule has 1 unspecified atom stereocenters. The summed E-state index contributed by atoms with van der Waals surface area (Å²) in [7, 11) is 5.47. The van der Waals surface area contributed by atoms with Crippen LogP contribution in [0.1, 0.15) is 35.4 Å². The number of unbranched alkanes of at least 4 members (excludes halogenated alkanes) is 1. The van der Waals surface area contributed by atoms with Crippen molar-refractivity contribution >= 4 is 23.5 Å². The molecule has 0 N–H and O–H groups in total. The number of anilines is 1. The monoisotopic (exact) mass is 582 g/mol. The average molecular weight is 583 g/mol. The van der Waals surface area contributed by atoms with Crippen LogP contribution in [-0.2, 0) is 11.2 Å². The van der Waals surface area contributed by atoms with Gasteiger partial charge in [0.15, 0.2) is 11.5 Å². The average Bonchev–Trinajstić information content (AvgIpc) is 3.03. The van der Waals surface area contributed by atoms with Gasteiger partial charge in [0.25, 0.3) is 0 Å². The Hall–Kier alpha value is -3.94. The van der Waals surface area contributed by atoms with Crippen molar-refractivity contribution in [2.45, 2.75) is 30.1 Å². The van der Waals surface area contributed by atoms with Gasteiger partial charge >= 0.3 is 0 Å². The van der Waals surface area contributed by atoms with E-state index in [4.69, 9.17) is 14.2 Å².